The number of hydrogen-bond acceptors (Lipinski definition) is 4. The molecule has 1 amide bonds. The number of nitriles is 1. The number of benzene rings is 1. The Morgan fingerprint density at radius 2 is 2.12 bits per heavy atom. The Morgan fingerprint density at radius 3 is 2.80 bits per heavy atom. The number of carbonyl (C=O) groups is 1. The van der Waals surface area contributed by atoms with Crippen LogP contribution in [0, 0.1) is 11.3 Å². The quantitative estimate of drug-likeness (QED) is 0.811. The van der Waals surface area contributed by atoms with Crippen LogP contribution in [0.25, 0.3) is 0 Å². The Balaban J connectivity index is 2.03. The molecule has 1 N–H and O–H groups in total. The zero-order valence-corrected chi connectivity index (χ0v) is 15.1. The Bertz CT molecular complexity index is 778. The van der Waals surface area contributed by atoms with E-state index in [-0.39, 0.29) is 11.9 Å². The van der Waals surface area contributed by atoms with Crippen molar-refractivity contribution in [3.05, 3.63) is 46.7 Å². The van der Waals surface area contributed by atoms with Gasteiger partial charge < -0.3 is 19.9 Å². The molecule has 7 heteroatoms. The third kappa shape index (κ3) is 3.36. The maximum Gasteiger partial charge on any atom is 0.254 e. The minimum atomic E-state index is -0.368. The minimum Gasteiger partial charge on any atom is -0.378 e. The first-order chi connectivity index (χ1) is 12.0. The number of thiocarbonyl (C=S) groups is 1. The molecule has 1 atom stereocenters. The van der Waals surface area contributed by atoms with Crippen LogP contribution < -0.4 is 5.32 Å². The number of morpholine rings is 1. The highest BCUT2D eigenvalue weighted by atomic mass is 32.1. The fourth-order valence-corrected chi connectivity index (χ4v) is 3.34. The van der Waals surface area contributed by atoms with Crippen LogP contribution in [0.2, 0.25) is 0 Å². The van der Waals surface area contributed by atoms with E-state index in [1.165, 1.54) is 0 Å². The lowest BCUT2D eigenvalue weighted by Crippen LogP contribution is -2.50. The number of amides is 1. The van der Waals surface area contributed by atoms with Crippen LogP contribution in [0.1, 0.15) is 24.1 Å². The van der Waals surface area contributed by atoms with Crippen molar-refractivity contribution in [2.24, 2.45) is 0 Å². The molecule has 0 aromatic heterocycles. The summed E-state index contributed by atoms with van der Waals surface area (Å²) in [5.74, 6) is -0.0185. The molecule has 0 saturated carbocycles. The first-order valence-electron chi connectivity index (χ1n) is 8.15. The fourth-order valence-electron chi connectivity index (χ4n) is 3.09. The van der Waals surface area contributed by atoms with Gasteiger partial charge >= 0.3 is 0 Å². The predicted molar refractivity (Wildman–Crippen MR) is 97.5 cm³/mol. The molecule has 2 heterocycles. The predicted octanol–water partition coefficient (Wildman–Crippen LogP) is 1.55. The van der Waals surface area contributed by atoms with Crippen molar-refractivity contribution in [3.8, 4) is 6.07 Å². The minimum absolute atomic E-state index is 0.0185. The summed E-state index contributed by atoms with van der Waals surface area (Å²) in [4.78, 5) is 16.8. The highest BCUT2D eigenvalue weighted by Gasteiger charge is 2.35. The average Bonchev–Trinajstić information content (AvgIpc) is 2.66. The van der Waals surface area contributed by atoms with E-state index in [1.807, 2.05) is 35.9 Å². The van der Waals surface area contributed by atoms with E-state index in [2.05, 4.69) is 11.4 Å². The van der Waals surface area contributed by atoms with Gasteiger partial charge in [-0.2, -0.15) is 5.26 Å². The highest BCUT2D eigenvalue weighted by Crippen LogP contribution is 2.31. The lowest BCUT2D eigenvalue weighted by Gasteiger charge is -2.38. The summed E-state index contributed by atoms with van der Waals surface area (Å²) in [6.07, 6.45) is 0. The first-order valence-corrected chi connectivity index (χ1v) is 8.56. The standard InChI is InChI=1S/C18H20N4O2S/c1-12-15(17(23)22-6-8-24-9-7-22)16(20-18(25)21(12)2)14-5-3-4-13(10-14)11-19/h3-5,10,16H,6-9H2,1-2H3,(H,20,25). The van der Waals surface area contributed by atoms with Gasteiger partial charge in [-0.05, 0) is 36.8 Å². The molecule has 1 unspecified atom stereocenters. The number of hydrogen-bond donors (Lipinski definition) is 1. The molecule has 0 spiro atoms. The third-order valence-corrected chi connectivity index (χ3v) is 5.02. The van der Waals surface area contributed by atoms with E-state index in [0.29, 0.717) is 42.6 Å². The summed E-state index contributed by atoms with van der Waals surface area (Å²) in [6, 6.07) is 9.05. The Morgan fingerprint density at radius 1 is 1.40 bits per heavy atom. The highest BCUT2D eigenvalue weighted by molar-refractivity contribution is 7.80. The van der Waals surface area contributed by atoms with E-state index in [4.69, 9.17) is 17.0 Å². The van der Waals surface area contributed by atoms with Crippen molar-refractivity contribution in [1.29, 1.82) is 5.26 Å². The molecule has 1 aromatic rings. The second kappa shape index (κ2) is 7.21. The summed E-state index contributed by atoms with van der Waals surface area (Å²) in [5.41, 5.74) is 2.89. The molecule has 0 aliphatic carbocycles. The Kier molecular flexibility index (Phi) is 5.02. The number of allylic oxidation sites excluding steroid dienone is 1. The van der Waals surface area contributed by atoms with Crippen molar-refractivity contribution < 1.29 is 9.53 Å². The van der Waals surface area contributed by atoms with Crippen molar-refractivity contribution >= 4 is 23.2 Å². The molecule has 6 nitrogen and oxygen atoms in total. The SMILES string of the molecule is CC1=C(C(=O)N2CCOCC2)C(c2cccc(C#N)c2)NC(=S)N1C. The number of nitrogens with one attached hydrogen (secondary N) is 1. The van der Waals surface area contributed by atoms with Gasteiger partial charge in [0.1, 0.15) is 0 Å². The van der Waals surface area contributed by atoms with Gasteiger partial charge in [0.05, 0.1) is 36.5 Å². The molecule has 2 aliphatic heterocycles. The number of carbonyl (C=O) groups excluding carboxylic acids is 1. The topological polar surface area (TPSA) is 68.6 Å². The van der Waals surface area contributed by atoms with E-state index < -0.39 is 0 Å². The van der Waals surface area contributed by atoms with Gasteiger partial charge in [0, 0.05) is 25.8 Å². The fraction of sp³-hybridized carbons (Fsp3) is 0.389. The van der Waals surface area contributed by atoms with Gasteiger partial charge in [-0.3, -0.25) is 4.79 Å². The third-order valence-electron chi connectivity index (χ3n) is 4.63. The Labute approximate surface area is 152 Å². The van der Waals surface area contributed by atoms with Crippen LogP contribution in [-0.2, 0) is 9.53 Å². The molecule has 0 radical (unpaired) electrons. The molecule has 25 heavy (non-hydrogen) atoms. The van der Waals surface area contributed by atoms with Crippen molar-refractivity contribution in [1.82, 2.24) is 15.1 Å². The summed E-state index contributed by atoms with van der Waals surface area (Å²) >= 11 is 5.41. The molecule has 0 bridgehead atoms. The largest absolute Gasteiger partial charge is 0.378 e. The molecule has 130 valence electrons. The molecule has 1 aromatic carbocycles. The Hall–Kier alpha value is -2.43. The lowest BCUT2D eigenvalue weighted by atomic mass is 9.93. The summed E-state index contributed by atoms with van der Waals surface area (Å²) in [5, 5.41) is 13.0. The molecule has 3 rings (SSSR count). The van der Waals surface area contributed by atoms with Gasteiger partial charge in [0.2, 0.25) is 0 Å². The van der Waals surface area contributed by atoms with Crippen LogP contribution in [0.4, 0.5) is 0 Å². The second-order valence-electron chi connectivity index (χ2n) is 6.08. The van der Waals surface area contributed by atoms with E-state index >= 15 is 0 Å². The maximum atomic E-state index is 13.2. The van der Waals surface area contributed by atoms with Crippen LogP contribution in [0.15, 0.2) is 35.5 Å². The van der Waals surface area contributed by atoms with Crippen LogP contribution >= 0.6 is 12.2 Å². The molecule has 1 fully saturated rings. The van der Waals surface area contributed by atoms with Gasteiger partial charge in [-0.25, -0.2) is 0 Å². The summed E-state index contributed by atoms with van der Waals surface area (Å²) < 4.78 is 5.35. The monoisotopic (exact) mass is 356 g/mol. The van der Waals surface area contributed by atoms with Gasteiger partial charge in [0.15, 0.2) is 5.11 Å². The van der Waals surface area contributed by atoms with Gasteiger partial charge in [0.25, 0.3) is 5.91 Å². The van der Waals surface area contributed by atoms with Crippen molar-refractivity contribution in [2.45, 2.75) is 13.0 Å². The zero-order valence-electron chi connectivity index (χ0n) is 14.3. The number of rotatable bonds is 2. The normalized spacial score (nSPS) is 21.0. The summed E-state index contributed by atoms with van der Waals surface area (Å²) in [7, 11) is 1.85. The van der Waals surface area contributed by atoms with Crippen LogP contribution in [0.5, 0.6) is 0 Å². The smallest absolute Gasteiger partial charge is 0.254 e. The number of nitrogens with zero attached hydrogens (tertiary/aromatic N) is 3. The van der Waals surface area contributed by atoms with E-state index in [9.17, 15) is 10.1 Å². The molecular weight excluding hydrogens is 336 g/mol. The van der Waals surface area contributed by atoms with Gasteiger partial charge in [-0.1, -0.05) is 12.1 Å². The molecule has 1 saturated heterocycles. The summed E-state index contributed by atoms with van der Waals surface area (Å²) in [6.45, 7) is 4.16. The zero-order chi connectivity index (χ0) is 18.0. The van der Waals surface area contributed by atoms with Gasteiger partial charge in [-0.15, -0.1) is 0 Å². The van der Waals surface area contributed by atoms with Crippen molar-refractivity contribution in [2.75, 3.05) is 33.4 Å². The molecule has 2 aliphatic rings. The van der Waals surface area contributed by atoms with Crippen LogP contribution in [0.3, 0.4) is 0 Å². The molecular formula is C18H20N4O2S. The maximum absolute atomic E-state index is 13.2. The second-order valence-corrected chi connectivity index (χ2v) is 6.47. The van der Waals surface area contributed by atoms with E-state index in [0.717, 1.165) is 11.3 Å². The average molecular weight is 356 g/mol. The van der Waals surface area contributed by atoms with Crippen molar-refractivity contribution in [3.63, 3.8) is 0 Å². The first kappa shape index (κ1) is 17.4. The lowest BCUT2D eigenvalue weighted by molar-refractivity contribution is -0.131. The van der Waals surface area contributed by atoms with E-state index in [1.54, 1.807) is 12.1 Å². The van der Waals surface area contributed by atoms with Crippen LogP contribution in [-0.4, -0.2) is 54.2 Å². The number of ether oxygens (including phenoxy) is 1.